The highest BCUT2D eigenvalue weighted by Crippen LogP contribution is 2.36. The number of nitrogens with zero attached hydrogens (tertiary/aromatic N) is 2. The Morgan fingerprint density at radius 3 is 2.56 bits per heavy atom. The zero-order chi connectivity index (χ0) is 19.6. The van der Waals surface area contributed by atoms with Gasteiger partial charge in [0.2, 0.25) is 0 Å². The number of H-pyrrole nitrogens is 1. The topological polar surface area (TPSA) is 49.0 Å². The molecule has 0 bridgehead atoms. The number of aromatic nitrogens is 2. The lowest BCUT2D eigenvalue weighted by atomic mass is 9.99. The molecule has 3 rings (SSSR count). The number of nitrogens with one attached hydrogen (secondary N) is 1. The molecule has 1 N–H and O–H groups in total. The van der Waals surface area contributed by atoms with Gasteiger partial charge in [0.05, 0.1) is 5.39 Å². The molecule has 3 aromatic rings. The highest BCUT2D eigenvalue weighted by molar-refractivity contribution is 7.99. The molecule has 0 saturated carbocycles. The van der Waals surface area contributed by atoms with Crippen molar-refractivity contribution in [3.63, 3.8) is 0 Å². The number of thioether (sulfide) groups is 1. The Balaban J connectivity index is 1.94. The third-order valence-electron chi connectivity index (χ3n) is 5.05. The van der Waals surface area contributed by atoms with Gasteiger partial charge in [-0.1, -0.05) is 43.8 Å². The summed E-state index contributed by atoms with van der Waals surface area (Å²) < 4.78 is 0. The molecule has 27 heavy (non-hydrogen) atoms. The van der Waals surface area contributed by atoms with Gasteiger partial charge in [-0.25, -0.2) is 4.98 Å². The summed E-state index contributed by atoms with van der Waals surface area (Å²) in [6, 6.07) is 6.38. The van der Waals surface area contributed by atoms with Gasteiger partial charge in [0, 0.05) is 22.7 Å². The number of hydrogen-bond acceptors (Lipinski definition) is 5. The van der Waals surface area contributed by atoms with Crippen LogP contribution < -0.4 is 5.56 Å². The van der Waals surface area contributed by atoms with Crippen LogP contribution in [-0.2, 0) is 0 Å². The van der Waals surface area contributed by atoms with Gasteiger partial charge in [-0.15, -0.1) is 11.3 Å². The van der Waals surface area contributed by atoms with Crippen molar-refractivity contribution >= 4 is 33.3 Å². The fourth-order valence-electron chi connectivity index (χ4n) is 3.22. The van der Waals surface area contributed by atoms with E-state index >= 15 is 0 Å². The average Bonchev–Trinajstić information content (AvgIpc) is 2.97. The lowest BCUT2D eigenvalue weighted by molar-refractivity contribution is 0.324. The zero-order valence-electron chi connectivity index (χ0n) is 16.7. The van der Waals surface area contributed by atoms with E-state index in [0.717, 1.165) is 46.2 Å². The van der Waals surface area contributed by atoms with Crippen LogP contribution in [0.15, 0.2) is 28.2 Å². The van der Waals surface area contributed by atoms with Crippen molar-refractivity contribution in [2.45, 2.75) is 39.8 Å². The second-order valence-electron chi connectivity index (χ2n) is 6.76. The predicted molar refractivity (Wildman–Crippen MR) is 118 cm³/mol. The van der Waals surface area contributed by atoms with Gasteiger partial charge in [-0.2, -0.15) is 0 Å². The Kier molecular flexibility index (Phi) is 6.40. The van der Waals surface area contributed by atoms with Gasteiger partial charge < -0.3 is 9.88 Å². The number of aromatic amines is 1. The van der Waals surface area contributed by atoms with Crippen molar-refractivity contribution in [3.8, 4) is 11.1 Å². The maximum absolute atomic E-state index is 12.9. The van der Waals surface area contributed by atoms with E-state index in [0.29, 0.717) is 10.5 Å². The van der Waals surface area contributed by atoms with E-state index in [-0.39, 0.29) is 5.56 Å². The monoisotopic (exact) mass is 401 g/mol. The third-order valence-corrected chi connectivity index (χ3v) is 6.91. The summed E-state index contributed by atoms with van der Waals surface area (Å²) >= 11 is 3.23. The first kappa shape index (κ1) is 20.1. The second kappa shape index (κ2) is 8.59. The molecule has 0 unspecified atom stereocenters. The summed E-state index contributed by atoms with van der Waals surface area (Å²) in [6.45, 7) is 13.7. The second-order valence-corrected chi connectivity index (χ2v) is 9.05. The van der Waals surface area contributed by atoms with E-state index in [4.69, 9.17) is 4.98 Å². The predicted octanol–water partition coefficient (Wildman–Crippen LogP) is 5.01. The first-order chi connectivity index (χ1) is 12.9. The normalized spacial score (nSPS) is 11.6. The van der Waals surface area contributed by atoms with Crippen molar-refractivity contribution in [1.82, 2.24) is 14.9 Å². The van der Waals surface area contributed by atoms with Gasteiger partial charge >= 0.3 is 0 Å². The molecule has 0 fully saturated rings. The van der Waals surface area contributed by atoms with E-state index in [1.165, 1.54) is 11.1 Å². The number of aryl methyl sites for hydroxylation is 3. The lowest BCUT2D eigenvalue weighted by Crippen LogP contribution is -2.25. The number of rotatable bonds is 7. The summed E-state index contributed by atoms with van der Waals surface area (Å²) in [5.74, 6) is 0.921. The average molecular weight is 402 g/mol. The molecular formula is C21H27N3OS2. The highest BCUT2D eigenvalue weighted by atomic mass is 32.2. The molecule has 2 heterocycles. The van der Waals surface area contributed by atoms with E-state index in [9.17, 15) is 4.79 Å². The number of hydrogen-bond donors (Lipinski definition) is 1. The maximum atomic E-state index is 12.9. The smallest absolute Gasteiger partial charge is 0.260 e. The molecular weight excluding hydrogens is 374 g/mol. The largest absolute Gasteiger partial charge is 0.303 e. The first-order valence-electron chi connectivity index (χ1n) is 9.40. The molecule has 0 atom stereocenters. The molecule has 0 spiro atoms. The van der Waals surface area contributed by atoms with E-state index in [2.05, 4.69) is 62.7 Å². The van der Waals surface area contributed by atoms with Crippen LogP contribution in [-0.4, -0.2) is 40.3 Å². The Hall–Kier alpha value is -1.63. The quantitative estimate of drug-likeness (QED) is 0.446. The van der Waals surface area contributed by atoms with E-state index < -0.39 is 0 Å². The summed E-state index contributed by atoms with van der Waals surface area (Å²) in [4.78, 5) is 24.9. The van der Waals surface area contributed by atoms with Crippen LogP contribution in [0.25, 0.3) is 21.3 Å². The lowest BCUT2D eigenvalue weighted by Gasteiger charge is -2.16. The van der Waals surface area contributed by atoms with Crippen LogP contribution >= 0.6 is 23.1 Å². The fourth-order valence-corrected chi connectivity index (χ4v) is 5.19. The molecule has 1 aromatic carbocycles. The highest BCUT2D eigenvalue weighted by Gasteiger charge is 2.17. The Labute approximate surface area is 169 Å². The summed E-state index contributed by atoms with van der Waals surface area (Å²) in [5, 5.41) is 1.43. The van der Waals surface area contributed by atoms with Crippen molar-refractivity contribution in [2.24, 2.45) is 0 Å². The first-order valence-corrected chi connectivity index (χ1v) is 11.2. The van der Waals surface area contributed by atoms with Gasteiger partial charge in [0.15, 0.2) is 5.16 Å². The number of thiophene rings is 1. The van der Waals surface area contributed by atoms with Crippen LogP contribution in [0.3, 0.4) is 0 Å². The van der Waals surface area contributed by atoms with Gasteiger partial charge in [-0.05, 0) is 50.6 Å². The molecule has 6 heteroatoms. The molecule has 2 aromatic heterocycles. The standard InChI is InChI=1S/C21H27N3OS2/c1-6-24(7-2)10-11-26-21-22-19(25)18-17(15(5)27-20(18)23-21)16-9-8-13(3)14(4)12-16/h8-9,12H,6-7,10-11H2,1-5H3,(H,22,23,25). The molecule has 0 amide bonds. The summed E-state index contributed by atoms with van der Waals surface area (Å²) in [7, 11) is 0. The number of fused-ring (bicyclic) bond motifs is 1. The molecule has 0 aliphatic rings. The third kappa shape index (κ3) is 4.28. The Morgan fingerprint density at radius 2 is 1.89 bits per heavy atom. The van der Waals surface area contributed by atoms with E-state index in [1.807, 2.05) is 0 Å². The molecule has 0 aliphatic carbocycles. The number of benzene rings is 1. The van der Waals surface area contributed by atoms with Gasteiger partial charge in [-0.3, -0.25) is 4.79 Å². The molecule has 0 saturated heterocycles. The van der Waals surface area contributed by atoms with Crippen molar-refractivity contribution in [3.05, 3.63) is 44.6 Å². The van der Waals surface area contributed by atoms with Crippen LogP contribution in [0.4, 0.5) is 0 Å². The molecule has 0 aliphatic heterocycles. The minimum absolute atomic E-state index is 0.0390. The van der Waals surface area contributed by atoms with Crippen LogP contribution in [0.5, 0.6) is 0 Å². The van der Waals surface area contributed by atoms with Crippen LogP contribution in [0, 0.1) is 20.8 Å². The Morgan fingerprint density at radius 1 is 1.15 bits per heavy atom. The maximum Gasteiger partial charge on any atom is 0.260 e. The SMILES string of the molecule is CCN(CC)CCSc1nc2sc(C)c(-c3ccc(C)c(C)c3)c2c(=O)[nH]1. The zero-order valence-corrected chi connectivity index (χ0v) is 18.3. The van der Waals surface area contributed by atoms with E-state index in [1.54, 1.807) is 23.1 Å². The summed E-state index contributed by atoms with van der Waals surface area (Å²) in [5.41, 5.74) is 4.57. The van der Waals surface area contributed by atoms with Gasteiger partial charge in [0.1, 0.15) is 4.83 Å². The Bertz CT molecular complexity index is 1000. The van der Waals surface area contributed by atoms with Crippen molar-refractivity contribution in [1.29, 1.82) is 0 Å². The molecule has 4 nitrogen and oxygen atoms in total. The summed E-state index contributed by atoms with van der Waals surface area (Å²) in [6.07, 6.45) is 0. The fraction of sp³-hybridized carbons (Fsp3) is 0.429. The molecule has 0 radical (unpaired) electrons. The minimum atomic E-state index is -0.0390. The van der Waals surface area contributed by atoms with Gasteiger partial charge in [0.25, 0.3) is 5.56 Å². The van der Waals surface area contributed by atoms with Crippen LogP contribution in [0.2, 0.25) is 0 Å². The van der Waals surface area contributed by atoms with Crippen molar-refractivity contribution < 1.29 is 0 Å². The van der Waals surface area contributed by atoms with Crippen LogP contribution in [0.1, 0.15) is 29.9 Å². The minimum Gasteiger partial charge on any atom is -0.303 e. The van der Waals surface area contributed by atoms with Crippen molar-refractivity contribution in [2.75, 3.05) is 25.4 Å². The molecule has 144 valence electrons.